The van der Waals surface area contributed by atoms with Crippen LogP contribution in [-0.4, -0.2) is 27.8 Å². The minimum absolute atomic E-state index is 0.153. The molecule has 134 valence electrons. The normalized spacial score (nSPS) is 13.3. The molecule has 4 rings (SSSR count). The first-order valence-corrected chi connectivity index (χ1v) is 9.50. The van der Waals surface area contributed by atoms with Gasteiger partial charge in [0.15, 0.2) is 0 Å². The zero-order valence-electron chi connectivity index (χ0n) is 14.6. The molecule has 26 heavy (non-hydrogen) atoms. The first-order valence-electron chi connectivity index (χ1n) is 8.68. The predicted octanol–water partition coefficient (Wildman–Crippen LogP) is 3.15. The quantitative estimate of drug-likeness (QED) is 0.751. The Morgan fingerprint density at radius 1 is 1.31 bits per heavy atom. The third kappa shape index (κ3) is 3.35. The molecule has 0 unspecified atom stereocenters. The third-order valence-electron chi connectivity index (χ3n) is 4.47. The van der Waals surface area contributed by atoms with Crippen molar-refractivity contribution in [2.75, 3.05) is 7.11 Å². The maximum absolute atomic E-state index is 12.4. The molecule has 1 aliphatic rings. The predicted molar refractivity (Wildman–Crippen MR) is 100 cm³/mol. The number of hydrogen-bond donors (Lipinski definition) is 1. The summed E-state index contributed by atoms with van der Waals surface area (Å²) < 4.78 is 7.00. The van der Waals surface area contributed by atoms with Crippen LogP contribution >= 0.6 is 11.3 Å². The topological polar surface area (TPSA) is 69.0 Å². The fraction of sp³-hybridized carbons (Fsp3) is 0.316. The monoisotopic (exact) mass is 368 g/mol. The summed E-state index contributed by atoms with van der Waals surface area (Å²) in [4.78, 5) is 18.5. The van der Waals surface area contributed by atoms with Crippen molar-refractivity contribution in [3.05, 3.63) is 57.8 Å². The average molecular weight is 368 g/mol. The van der Waals surface area contributed by atoms with Gasteiger partial charge in [-0.3, -0.25) is 4.79 Å². The van der Waals surface area contributed by atoms with E-state index < -0.39 is 0 Å². The fourth-order valence-electron chi connectivity index (χ4n) is 3.13. The number of ether oxygens (including phenoxy) is 1. The summed E-state index contributed by atoms with van der Waals surface area (Å²) in [6, 6.07) is 7.56. The number of methoxy groups -OCH3 is 1. The Bertz CT molecular complexity index is 908. The Kier molecular flexibility index (Phi) is 4.71. The molecule has 0 radical (unpaired) electrons. The first-order chi connectivity index (χ1) is 12.7. The molecule has 0 bridgehead atoms. The van der Waals surface area contributed by atoms with Crippen molar-refractivity contribution >= 4 is 17.2 Å². The highest BCUT2D eigenvalue weighted by Gasteiger charge is 2.16. The molecular weight excluding hydrogens is 348 g/mol. The van der Waals surface area contributed by atoms with Crippen LogP contribution in [-0.2, 0) is 19.4 Å². The molecular formula is C19H20N4O2S. The van der Waals surface area contributed by atoms with Crippen LogP contribution in [0.1, 0.15) is 38.8 Å². The molecule has 1 N–H and O–H groups in total. The molecule has 7 heteroatoms. The van der Waals surface area contributed by atoms with Crippen molar-refractivity contribution < 1.29 is 9.53 Å². The summed E-state index contributed by atoms with van der Waals surface area (Å²) in [6.07, 6.45) is 7.90. The van der Waals surface area contributed by atoms with E-state index in [-0.39, 0.29) is 5.91 Å². The molecule has 0 atom stereocenters. The van der Waals surface area contributed by atoms with E-state index in [1.807, 2.05) is 24.3 Å². The Morgan fingerprint density at radius 3 is 3.00 bits per heavy atom. The Morgan fingerprint density at radius 2 is 2.15 bits per heavy atom. The van der Waals surface area contributed by atoms with Gasteiger partial charge in [-0.2, -0.15) is 5.10 Å². The molecule has 2 aromatic heterocycles. The number of para-hydroxylation sites is 2. The fourth-order valence-corrected chi connectivity index (χ4v) is 4.23. The van der Waals surface area contributed by atoms with Crippen LogP contribution in [0, 0.1) is 0 Å². The summed E-state index contributed by atoms with van der Waals surface area (Å²) >= 11 is 1.72. The lowest BCUT2D eigenvalue weighted by molar-refractivity contribution is 0.0951. The minimum atomic E-state index is -0.153. The highest BCUT2D eigenvalue weighted by Crippen LogP contribution is 2.26. The molecule has 0 aliphatic heterocycles. The van der Waals surface area contributed by atoms with Crippen LogP contribution in [0.4, 0.5) is 0 Å². The SMILES string of the molecule is COc1ccccc1-n1cc(C(=O)NCc2nc3c(s2)CCCC3)cn1. The van der Waals surface area contributed by atoms with Gasteiger partial charge in [-0.15, -0.1) is 11.3 Å². The highest BCUT2D eigenvalue weighted by atomic mass is 32.1. The number of benzene rings is 1. The lowest BCUT2D eigenvalue weighted by Crippen LogP contribution is -2.22. The van der Waals surface area contributed by atoms with Gasteiger partial charge in [0.05, 0.1) is 31.1 Å². The molecule has 0 saturated heterocycles. The molecule has 3 aromatic rings. The van der Waals surface area contributed by atoms with Crippen molar-refractivity contribution in [1.29, 1.82) is 0 Å². The summed E-state index contributed by atoms with van der Waals surface area (Å²) in [5, 5.41) is 8.20. The van der Waals surface area contributed by atoms with Crippen molar-refractivity contribution in [3.63, 3.8) is 0 Å². The van der Waals surface area contributed by atoms with E-state index in [0.717, 1.165) is 23.5 Å². The van der Waals surface area contributed by atoms with Crippen molar-refractivity contribution in [2.24, 2.45) is 0 Å². The molecule has 2 heterocycles. The van der Waals surface area contributed by atoms with E-state index in [0.29, 0.717) is 17.9 Å². The number of aryl methyl sites for hydroxylation is 2. The number of aromatic nitrogens is 3. The Hall–Kier alpha value is -2.67. The number of amides is 1. The Labute approximate surface area is 155 Å². The van der Waals surface area contributed by atoms with Gasteiger partial charge in [0, 0.05) is 11.1 Å². The number of thiazole rings is 1. The van der Waals surface area contributed by atoms with Gasteiger partial charge >= 0.3 is 0 Å². The number of nitrogens with zero attached hydrogens (tertiary/aromatic N) is 3. The third-order valence-corrected chi connectivity index (χ3v) is 5.62. The standard InChI is InChI=1S/C19H20N4O2S/c1-25-16-8-4-3-7-15(16)23-12-13(10-21-23)19(24)20-11-18-22-14-6-2-5-9-17(14)26-18/h3-4,7-8,10,12H,2,5-6,9,11H2,1H3,(H,20,24). The summed E-state index contributed by atoms with van der Waals surface area (Å²) in [6.45, 7) is 0.455. The van der Waals surface area contributed by atoms with Crippen LogP contribution in [0.2, 0.25) is 0 Å². The number of rotatable bonds is 5. The van der Waals surface area contributed by atoms with Gasteiger partial charge in [0.2, 0.25) is 0 Å². The van der Waals surface area contributed by atoms with Crippen LogP contribution in [0.15, 0.2) is 36.7 Å². The van der Waals surface area contributed by atoms with E-state index in [4.69, 9.17) is 4.74 Å². The number of carbonyl (C=O) groups excluding carboxylic acids is 1. The number of carbonyl (C=O) groups is 1. The smallest absolute Gasteiger partial charge is 0.254 e. The van der Waals surface area contributed by atoms with Gasteiger partial charge in [0.1, 0.15) is 16.4 Å². The number of fused-ring (bicyclic) bond motifs is 1. The lowest BCUT2D eigenvalue weighted by Gasteiger charge is -2.07. The summed E-state index contributed by atoms with van der Waals surface area (Å²) in [5.74, 6) is 0.551. The summed E-state index contributed by atoms with van der Waals surface area (Å²) in [7, 11) is 1.61. The zero-order chi connectivity index (χ0) is 17.9. The number of hydrogen-bond acceptors (Lipinski definition) is 5. The Balaban J connectivity index is 1.44. The molecule has 0 spiro atoms. The molecule has 1 aliphatic carbocycles. The van der Waals surface area contributed by atoms with Crippen LogP contribution in [0.25, 0.3) is 5.69 Å². The van der Waals surface area contributed by atoms with Gasteiger partial charge in [0.25, 0.3) is 5.91 Å². The maximum atomic E-state index is 12.4. The van der Waals surface area contributed by atoms with E-state index in [1.165, 1.54) is 23.4 Å². The molecule has 6 nitrogen and oxygen atoms in total. The molecule has 1 aromatic carbocycles. The molecule has 1 amide bonds. The van der Waals surface area contributed by atoms with Crippen molar-refractivity contribution in [1.82, 2.24) is 20.1 Å². The van der Waals surface area contributed by atoms with E-state index in [2.05, 4.69) is 15.4 Å². The van der Waals surface area contributed by atoms with Gasteiger partial charge in [-0.05, 0) is 37.8 Å². The zero-order valence-corrected chi connectivity index (χ0v) is 15.4. The van der Waals surface area contributed by atoms with Crippen LogP contribution < -0.4 is 10.1 Å². The summed E-state index contributed by atoms with van der Waals surface area (Å²) in [5.41, 5.74) is 2.52. The van der Waals surface area contributed by atoms with E-state index in [9.17, 15) is 4.79 Å². The number of nitrogens with one attached hydrogen (secondary N) is 1. The van der Waals surface area contributed by atoms with E-state index >= 15 is 0 Å². The lowest BCUT2D eigenvalue weighted by atomic mass is 10.0. The van der Waals surface area contributed by atoms with Gasteiger partial charge in [-0.1, -0.05) is 12.1 Å². The first kappa shape index (κ1) is 16.8. The molecule has 0 fully saturated rings. The van der Waals surface area contributed by atoms with E-state index in [1.54, 1.807) is 35.5 Å². The minimum Gasteiger partial charge on any atom is -0.494 e. The second-order valence-corrected chi connectivity index (χ2v) is 7.38. The van der Waals surface area contributed by atoms with Crippen molar-refractivity contribution in [2.45, 2.75) is 32.2 Å². The largest absolute Gasteiger partial charge is 0.494 e. The van der Waals surface area contributed by atoms with Crippen molar-refractivity contribution in [3.8, 4) is 11.4 Å². The second kappa shape index (κ2) is 7.29. The highest BCUT2D eigenvalue weighted by molar-refractivity contribution is 7.11. The maximum Gasteiger partial charge on any atom is 0.254 e. The second-order valence-electron chi connectivity index (χ2n) is 6.21. The van der Waals surface area contributed by atoms with Gasteiger partial charge in [-0.25, -0.2) is 9.67 Å². The molecule has 0 saturated carbocycles. The average Bonchev–Trinajstić information content (AvgIpc) is 3.33. The van der Waals surface area contributed by atoms with Gasteiger partial charge < -0.3 is 10.1 Å². The van der Waals surface area contributed by atoms with Crippen LogP contribution in [0.3, 0.4) is 0 Å². The van der Waals surface area contributed by atoms with Crippen LogP contribution in [0.5, 0.6) is 5.75 Å².